The summed E-state index contributed by atoms with van der Waals surface area (Å²) >= 11 is 0. The fourth-order valence-corrected chi connectivity index (χ4v) is 1.37. The molecule has 1 rings (SSSR count). The zero-order valence-electron chi connectivity index (χ0n) is 10.7. The number of rotatable bonds is 7. The Morgan fingerprint density at radius 3 is 2.78 bits per heavy atom. The molecular formula is C12H19N3O3. The molecule has 0 radical (unpaired) electrons. The van der Waals surface area contributed by atoms with Gasteiger partial charge >= 0.3 is 0 Å². The van der Waals surface area contributed by atoms with Gasteiger partial charge < -0.3 is 20.4 Å². The van der Waals surface area contributed by atoms with E-state index < -0.39 is 11.9 Å². The number of hydrogen-bond acceptors (Lipinski definition) is 4. The van der Waals surface area contributed by atoms with Gasteiger partial charge in [-0.3, -0.25) is 9.59 Å². The van der Waals surface area contributed by atoms with Crippen LogP contribution >= 0.6 is 0 Å². The van der Waals surface area contributed by atoms with Crippen LogP contribution in [-0.4, -0.2) is 38.0 Å². The lowest BCUT2D eigenvalue weighted by atomic mass is 10.3. The lowest BCUT2D eigenvalue weighted by Crippen LogP contribution is -2.45. The molecule has 0 aromatic carbocycles. The van der Waals surface area contributed by atoms with E-state index in [1.54, 1.807) is 19.1 Å². The minimum absolute atomic E-state index is 0.199. The van der Waals surface area contributed by atoms with Gasteiger partial charge in [-0.15, -0.1) is 0 Å². The van der Waals surface area contributed by atoms with Crippen LogP contribution in [0.3, 0.4) is 0 Å². The zero-order chi connectivity index (χ0) is 13.4. The second-order valence-electron chi connectivity index (χ2n) is 3.92. The maximum Gasteiger partial charge on any atom is 0.287 e. The van der Waals surface area contributed by atoms with Crippen molar-refractivity contribution < 1.29 is 14.0 Å². The molecule has 3 N–H and O–H groups in total. The normalized spacial score (nSPS) is 11.9. The molecule has 0 spiro atoms. The molecule has 0 aliphatic carbocycles. The number of nitrogens with one attached hydrogen (secondary N) is 3. The van der Waals surface area contributed by atoms with Crippen LogP contribution in [-0.2, 0) is 4.79 Å². The standard InChI is InChI=1S/C12H19N3O3/c1-9(11(16)14-7-4-6-13-2)15-12(17)10-5-3-8-18-10/h3,5,8-9,13H,4,6-7H2,1-2H3,(H,14,16)(H,15,17). The first-order valence-electron chi connectivity index (χ1n) is 5.92. The van der Waals surface area contributed by atoms with Gasteiger partial charge in [0.05, 0.1) is 6.26 Å². The first kappa shape index (κ1) is 14.2. The summed E-state index contributed by atoms with van der Waals surface area (Å²) in [7, 11) is 1.86. The van der Waals surface area contributed by atoms with Crippen LogP contribution in [0.4, 0.5) is 0 Å². The third-order valence-corrected chi connectivity index (χ3v) is 2.39. The molecule has 1 atom stereocenters. The molecule has 1 aromatic rings. The maximum atomic E-state index is 11.6. The van der Waals surface area contributed by atoms with Gasteiger partial charge in [0.25, 0.3) is 5.91 Å². The van der Waals surface area contributed by atoms with Crippen molar-refractivity contribution in [3.63, 3.8) is 0 Å². The van der Waals surface area contributed by atoms with Gasteiger partial charge in [-0.1, -0.05) is 0 Å². The van der Waals surface area contributed by atoms with E-state index in [0.29, 0.717) is 6.54 Å². The molecule has 0 aliphatic rings. The number of amides is 2. The Kier molecular flexibility index (Phi) is 5.93. The fraction of sp³-hybridized carbons (Fsp3) is 0.500. The highest BCUT2D eigenvalue weighted by Crippen LogP contribution is 1.99. The molecule has 0 aliphatic heterocycles. The van der Waals surface area contributed by atoms with E-state index in [1.165, 1.54) is 6.26 Å². The third kappa shape index (κ3) is 4.58. The topological polar surface area (TPSA) is 83.4 Å². The average Bonchev–Trinajstić information content (AvgIpc) is 2.88. The first-order chi connectivity index (χ1) is 8.65. The summed E-state index contributed by atoms with van der Waals surface area (Å²) in [5, 5.41) is 8.29. The van der Waals surface area contributed by atoms with Gasteiger partial charge in [0, 0.05) is 6.54 Å². The number of carbonyl (C=O) groups excluding carboxylic acids is 2. The Labute approximate surface area is 106 Å². The molecule has 6 heteroatoms. The third-order valence-electron chi connectivity index (χ3n) is 2.39. The highest BCUT2D eigenvalue weighted by Gasteiger charge is 2.17. The van der Waals surface area contributed by atoms with E-state index in [4.69, 9.17) is 4.42 Å². The van der Waals surface area contributed by atoms with Gasteiger partial charge in [0.1, 0.15) is 6.04 Å². The molecule has 100 valence electrons. The number of hydrogen-bond donors (Lipinski definition) is 3. The minimum Gasteiger partial charge on any atom is -0.459 e. The molecule has 1 unspecified atom stereocenters. The molecule has 0 bridgehead atoms. The van der Waals surface area contributed by atoms with Gasteiger partial charge in [0.15, 0.2) is 5.76 Å². The van der Waals surface area contributed by atoms with Crippen LogP contribution in [0.25, 0.3) is 0 Å². The SMILES string of the molecule is CNCCCNC(=O)C(C)NC(=O)c1ccco1. The van der Waals surface area contributed by atoms with Crippen LogP contribution < -0.4 is 16.0 Å². The molecule has 0 fully saturated rings. The minimum atomic E-state index is -0.586. The highest BCUT2D eigenvalue weighted by molar-refractivity contribution is 5.95. The largest absolute Gasteiger partial charge is 0.459 e. The Bertz CT molecular complexity index is 376. The molecule has 1 aromatic heterocycles. The molecule has 18 heavy (non-hydrogen) atoms. The van der Waals surface area contributed by atoms with Crippen molar-refractivity contribution in [2.24, 2.45) is 0 Å². The molecule has 1 heterocycles. The van der Waals surface area contributed by atoms with E-state index in [0.717, 1.165) is 13.0 Å². The van der Waals surface area contributed by atoms with Gasteiger partial charge in [-0.05, 0) is 39.1 Å². The fourth-order valence-electron chi connectivity index (χ4n) is 1.37. The lowest BCUT2D eigenvalue weighted by Gasteiger charge is -2.13. The van der Waals surface area contributed by atoms with E-state index in [9.17, 15) is 9.59 Å². The monoisotopic (exact) mass is 253 g/mol. The van der Waals surface area contributed by atoms with E-state index >= 15 is 0 Å². The van der Waals surface area contributed by atoms with Gasteiger partial charge in [-0.25, -0.2) is 0 Å². The highest BCUT2D eigenvalue weighted by atomic mass is 16.3. The van der Waals surface area contributed by atoms with Crippen LogP contribution in [0.15, 0.2) is 22.8 Å². The molecule has 0 saturated carbocycles. The lowest BCUT2D eigenvalue weighted by molar-refractivity contribution is -0.122. The van der Waals surface area contributed by atoms with Crippen LogP contribution in [0.2, 0.25) is 0 Å². The Hall–Kier alpha value is -1.82. The Morgan fingerprint density at radius 1 is 1.39 bits per heavy atom. The predicted octanol–water partition coefficient (Wildman–Crippen LogP) is 0.124. The second kappa shape index (κ2) is 7.50. The summed E-state index contributed by atoms with van der Waals surface area (Å²) in [5.41, 5.74) is 0. The second-order valence-corrected chi connectivity index (χ2v) is 3.92. The molecular weight excluding hydrogens is 234 g/mol. The van der Waals surface area contributed by atoms with Crippen LogP contribution in [0.1, 0.15) is 23.9 Å². The van der Waals surface area contributed by atoms with Gasteiger partial charge in [0.2, 0.25) is 5.91 Å². The summed E-state index contributed by atoms with van der Waals surface area (Å²) in [6, 6.07) is 2.58. The quantitative estimate of drug-likeness (QED) is 0.603. The van der Waals surface area contributed by atoms with E-state index in [1.807, 2.05) is 7.05 Å². The zero-order valence-corrected chi connectivity index (χ0v) is 10.7. The van der Waals surface area contributed by atoms with Crippen LogP contribution in [0, 0.1) is 0 Å². The Morgan fingerprint density at radius 2 is 2.17 bits per heavy atom. The number of furan rings is 1. The van der Waals surface area contributed by atoms with E-state index in [-0.39, 0.29) is 11.7 Å². The van der Waals surface area contributed by atoms with Crippen molar-refractivity contribution in [3.05, 3.63) is 24.2 Å². The van der Waals surface area contributed by atoms with Crippen molar-refractivity contribution in [2.45, 2.75) is 19.4 Å². The first-order valence-corrected chi connectivity index (χ1v) is 5.92. The summed E-state index contributed by atoms with van der Waals surface area (Å²) in [6.07, 6.45) is 2.26. The average molecular weight is 253 g/mol. The van der Waals surface area contributed by atoms with Crippen LogP contribution in [0.5, 0.6) is 0 Å². The van der Waals surface area contributed by atoms with Crippen molar-refractivity contribution in [3.8, 4) is 0 Å². The molecule has 6 nitrogen and oxygen atoms in total. The summed E-state index contributed by atoms with van der Waals surface area (Å²) in [6.45, 7) is 3.06. The molecule has 2 amide bonds. The summed E-state index contributed by atoms with van der Waals surface area (Å²) in [5.74, 6) is -0.395. The van der Waals surface area contributed by atoms with Crippen molar-refractivity contribution in [1.82, 2.24) is 16.0 Å². The summed E-state index contributed by atoms with van der Waals surface area (Å²) < 4.78 is 4.94. The van der Waals surface area contributed by atoms with Crippen molar-refractivity contribution >= 4 is 11.8 Å². The maximum absolute atomic E-state index is 11.6. The number of carbonyl (C=O) groups is 2. The van der Waals surface area contributed by atoms with E-state index in [2.05, 4.69) is 16.0 Å². The van der Waals surface area contributed by atoms with Crippen molar-refractivity contribution in [1.29, 1.82) is 0 Å². The van der Waals surface area contributed by atoms with Gasteiger partial charge in [-0.2, -0.15) is 0 Å². The smallest absolute Gasteiger partial charge is 0.287 e. The molecule has 0 saturated heterocycles. The predicted molar refractivity (Wildman–Crippen MR) is 67.2 cm³/mol. The Balaban J connectivity index is 2.29. The van der Waals surface area contributed by atoms with Crippen molar-refractivity contribution in [2.75, 3.05) is 20.1 Å². The summed E-state index contributed by atoms with van der Waals surface area (Å²) in [4.78, 5) is 23.2.